The number of hydrogen-bond acceptors (Lipinski definition) is 2. The van der Waals surface area contributed by atoms with Crippen LogP contribution in [0.15, 0.2) is 54.6 Å². The number of ether oxygens (including phenoxy) is 1. The van der Waals surface area contributed by atoms with Gasteiger partial charge in [-0.3, -0.25) is 0 Å². The minimum absolute atomic E-state index is 0.164. The second kappa shape index (κ2) is 10.3. The maximum absolute atomic E-state index is 11.7. The molecular formula is C20H26N2O2. The lowest BCUT2D eigenvalue weighted by Gasteiger charge is -2.10. The largest absolute Gasteiger partial charge is 0.473 e. The highest BCUT2D eigenvalue weighted by molar-refractivity contribution is 5.73. The first-order valence-electron chi connectivity index (χ1n) is 8.55. The molecular weight excluding hydrogens is 300 g/mol. The molecule has 0 bridgehead atoms. The molecule has 2 rings (SSSR count). The van der Waals surface area contributed by atoms with Crippen LogP contribution in [0.1, 0.15) is 30.9 Å². The molecule has 2 N–H and O–H groups in total. The third-order valence-corrected chi connectivity index (χ3v) is 3.70. The Morgan fingerprint density at radius 3 is 2.33 bits per heavy atom. The minimum Gasteiger partial charge on any atom is -0.473 e. The van der Waals surface area contributed by atoms with E-state index < -0.39 is 0 Å². The van der Waals surface area contributed by atoms with E-state index in [1.54, 1.807) is 0 Å². The van der Waals surface area contributed by atoms with Crippen molar-refractivity contribution < 1.29 is 9.53 Å². The second-order valence-corrected chi connectivity index (χ2v) is 5.70. The van der Waals surface area contributed by atoms with Crippen LogP contribution in [0.25, 0.3) is 0 Å². The highest BCUT2D eigenvalue weighted by Crippen LogP contribution is 2.12. The summed E-state index contributed by atoms with van der Waals surface area (Å²) in [6, 6.07) is 18.0. The van der Waals surface area contributed by atoms with Gasteiger partial charge in [-0.15, -0.1) is 0 Å². The van der Waals surface area contributed by atoms with E-state index in [4.69, 9.17) is 4.74 Å². The molecule has 0 aliphatic carbocycles. The summed E-state index contributed by atoms with van der Waals surface area (Å²) in [4.78, 5) is 11.7. The van der Waals surface area contributed by atoms with E-state index in [0.29, 0.717) is 6.54 Å². The molecule has 2 aromatic carbocycles. The van der Waals surface area contributed by atoms with E-state index in [1.807, 2.05) is 30.3 Å². The Hall–Kier alpha value is -2.49. The van der Waals surface area contributed by atoms with Crippen molar-refractivity contribution >= 4 is 6.03 Å². The number of aryl methyl sites for hydroxylation is 2. The fourth-order valence-electron chi connectivity index (χ4n) is 2.43. The van der Waals surface area contributed by atoms with Crippen LogP contribution in [0.4, 0.5) is 4.79 Å². The molecule has 0 aliphatic rings. The van der Waals surface area contributed by atoms with Gasteiger partial charge in [-0.1, -0.05) is 55.8 Å². The van der Waals surface area contributed by atoms with Crippen molar-refractivity contribution in [2.75, 3.05) is 13.3 Å². The van der Waals surface area contributed by atoms with Gasteiger partial charge in [0.15, 0.2) is 6.73 Å². The van der Waals surface area contributed by atoms with Crippen molar-refractivity contribution in [2.24, 2.45) is 0 Å². The lowest BCUT2D eigenvalue weighted by Crippen LogP contribution is -2.38. The Balaban J connectivity index is 1.56. The summed E-state index contributed by atoms with van der Waals surface area (Å²) >= 11 is 0. The minimum atomic E-state index is -0.203. The molecule has 0 radical (unpaired) electrons. The number of rotatable bonds is 9. The Labute approximate surface area is 144 Å². The first-order chi connectivity index (χ1) is 11.8. The standard InChI is InChI=1S/C20H26N2O2/c1-2-7-17-11-13-19(14-12-17)24-16-22-20(23)21-15-6-10-18-8-4-3-5-9-18/h3-5,8-9,11-14H,2,6-7,10,15-16H2,1H3,(H2,21,22,23). The van der Waals surface area contributed by atoms with Crippen LogP contribution >= 0.6 is 0 Å². The summed E-state index contributed by atoms with van der Waals surface area (Å²) in [5, 5.41) is 5.53. The van der Waals surface area contributed by atoms with Crippen molar-refractivity contribution in [3.05, 3.63) is 65.7 Å². The lowest BCUT2D eigenvalue weighted by atomic mass is 10.1. The molecule has 24 heavy (non-hydrogen) atoms. The summed E-state index contributed by atoms with van der Waals surface area (Å²) in [5.41, 5.74) is 2.59. The van der Waals surface area contributed by atoms with Crippen molar-refractivity contribution in [3.63, 3.8) is 0 Å². The quantitative estimate of drug-likeness (QED) is 0.542. The lowest BCUT2D eigenvalue weighted by molar-refractivity contribution is 0.224. The van der Waals surface area contributed by atoms with Gasteiger partial charge in [0.05, 0.1) is 0 Å². The van der Waals surface area contributed by atoms with E-state index >= 15 is 0 Å². The Morgan fingerprint density at radius 2 is 1.62 bits per heavy atom. The molecule has 2 amide bonds. The fraction of sp³-hybridized carbons (Fsp3) is 0.350. The zero-order chi connectivity index (χ0) is 17.0. The number of nitrogens with one attached hydrogen (secondary N) is 2. The van der Waals surface area contributed by atoms with Crippen molar-refractivity contribution in [2.45, 2.75) is 32.6 Å². The molecule has 0 saturated carbocycles. The van der Waals surface area contributed by atoms with E-state index in [2.05, 4.69) is 41.8 Å². The molecule has 0 aromatic heterocycles. The SMILES string of the molecule is CCCc1ccc(OCNC(=O)NCCCc2ccccc2)cc1. The second-order valence-electron chi connectivity index (χ2n) is 5.70. The number of amides is 2. The van der Waals surface area contributed by atoms with Gasteiger partial charge in [0.1, 0.15) is 5.75 Å². The van der Waals surface area contributed by atoms with Crippen molar-refractivity contribution in [3.8, 4) is 5.75 Å². The van der Waals surface area contributed by atoms with Crippen LogP contribution in [0.5, 0.6) is 5.75 Å². The van der Waals surface area contributed by atoms with Gasteiger partial charge < -0.3 is 15.4 Å². The fourth-order valence-corrected chi connectivity index (χ4v) is 2.43. The van der Waals surface area contributed by atoms with Gasteiger partial charge in [0, 0.05) is 6.54 Å². The monoisotopic (exact) mass is 326 g/mol. The molecule has 4 nitrogen and oxygen atoms in total. The highest BCUT2D eigenvalue weighted by atomic mass is 16.5. The molecule has 0 saturated heterocycles. The predicted molar refractivity (Wildman–Crippen MR) is 97.2 cm³/mol. The summed E-state index contributed by atoms with van der Waals surface area (Å²) < 4.78 is 5.51. The van der Waals surface area contributed by atoms with Crippen LogP contribution < -0.4 is 15.4 Å². The third-order valence-electron chi connectivity index (χ3n) is 3.70. The van der Waals surface area contributed by atoms with Crippen LogP contribution in [0.3, 0.4) is 0 Å². The van der Waals surface area contributed by atoms with Gasteiger partial charge >= 0.3 is 6.03 Å². The maximum atomic E-state index is 11.7. The summed E-state index contributed by atoms with van der Waals surface area (Å²) in [6.45, 7) is 2.97. The van der Waals surface area contributed by atoms with Gasteiger partial charge in [0.2, 0.25) is 0 Å². The highest BCUT2D eigenvalue weighted by Gasteiger charge is 2.00. The van der Waals surface area contributed by atoms with Crippen LogP contribution in [-0.4, -0.2) is 19.3 Å². The van der Waals surface area contributed by atoms with Gasteiger partial charge in [0.25, 0.3) is 0 Å². The number of benzene rings is 2. The van der Waals surface area contributed by atoms with E-state index in [-0.39, 0.29) is 12.8 Å². The summed E-state index contributed by atoms with van der Waals surface area (Å²) in [5.74, 6) is 0.763. The summed E-state index contributed by atoms with van der Waals surface area (Å²) in [7, 11) is 0. The average Bonchev–Trinajstić information content (AvgIpc) is 2.61. The number of urea groups is 1. The Morgan fingerprint density at radius 1 is 0.917 bits per heavy atom. The van der Waals surface area contributed by atoms with E-state index in [1.165, 1.54) is 11.1 Å². The topological polar surface area (TPSA) is 50.4 Å². The van der Waals surface area contributed by atoms with E-state index in [9.17, 15) is 4.79 Å². The molecule has 2 aromatic rings. The molecule has 0 heterocycles. The average molecular weight is 326 g/mol. The number of hydrogen-bond donors (Lipinski definition) is 2. The maximum Gasteiger partial charge on any atom is 0.317 e. The number of carbonyl (C=O) groups is 1. The molecule has 0 atom stereocenters. The first kappa shape index (κ1) is 17.9. The van der Waals surface area contributed by atoms with Crippen molar-refractivity contribution in [1.29, 1.82) is 0 Å². The smallest absolute Gasteiger partial charge is 0.317 e. The first-order valence-corrected chi connectivity index (χ1v) is 8.55. The molecule has 128 valence electrons. The van der Waals surface area contributed by atoms with Gasteiger partial charge in [-0.25, -0.2) is 4.79 Å². The molecule has 0 fully saturated rings. The third kappa shape index (κ3) is 6.73. The molecule has 4 heteroatoms. The molecule has 0 aliphatic heterocycles. The summed E-state index contributed by atoms with van der Waals surface area (Å²) in [6.07, 6.45) is 4.08. The normalized spacial score (nSPS) is 10.2. The zero-order valence-electron chi connectivity index (χ0n) is 14.3. The van der Waals surface area contributed by atoms with Crippen LogP contribution in [0, 0.1) is 0 Å². The molecule has 0 unspecified atom stereocenters. The van der Waals surface area contributed by atoms with Crippen molar-refractivity contribution in [1.82, 2.24) is 10.6 Å². The van der Waals surface area contributed by atoms with Crippen LogP contribution in [0.2, 0.25) is 0 Å². The predicted octanol–water partition coefficient (Wildman–Crippen LogP) is 3.91. The Bertz CT molecular complexity index is 597. The zero-order valence-corrected chi connectivity index (χ0v) is 14.3. The van der Waals surface area contributed by atoms with Gasteiger partial charge in [-0.2, -0.15) is 0 Å². The van der Waals surface area contributed by atoms with Gasteiger partial charge in [-0.05, 0) is 42.5 Å². The Kier molecular flexibility index (Phi) is 7.68. The molecule has 0 spiro atoms. The van der Waals surface area contributed by atoms with E-state index in [0.717, 1.165) is 31.4 Å². The van der Waals surface area contributed by atoms with Crippen LogP contribution in [-0.2, 0) is 12.8 Å². The number of carbonyl (C=O) groups excluding carboxylic acids is 1.